The van der Waals surface area contributed by atoms with E-state index in [1.54, 1.807) is 0 Å². The molecule has 0 aromatic heterocycles. The Balaban J connectivity index is 1.25. The highest BCUT2D eigenvalue weighted by Gasteiger charge is 2.35. The summed E-state index contributed by atoms with van der Waals surface area (Å²) in [7, 11) is 0. The van der Waals surface area contributed by atoms with Crippen molar-refractivity contribution in [3.05, 3.63) is 54.1 Å². The Labute approximate surface area is 189 Å². The molecule has 7 heteroatoms. The fourth-order valence-corrected chi connectivity index (χ4v) is 4.41. The number of nitrogens with one attached hydrogen (secondary N) is 1. The number of urea groups is 1. The molecule has 2 aromatic rings. The van der Waals surface area contributed by atoms with Gasteiger partial charge in [0.2, 0.25) is 0 Å². The fourth-order valence-electron chi connectivity index (χ4n) is 4.41. The second kappa shape index (κ2) is 10.5. The van der Waals surface area contributed by atoms with Crippen LogP contribution in [0.25, 0.3) is 11.1 Å². The number of hydrogen-bond acceptors (Lipinski definition) is 4. The van der Waals surface area contributed by atoms with Gasteiger partial charge in [0, 0.05) is 32.4 Å². The highest BCUT2D eigenvalue weighted by molar-refractivity contribution is 5.73. The summed E-state index contributed by atoms with van der Waals surface area (Å²) >= 11 is 0. The third-order valence-corrected chi connectivity index (χ3v) is 6.25. The number of morpholine rings is 1. The molecule has 2 heterocycles. The quantitative estimate of drug-likeness (QED) is 0.533. The van der Waals surface area contributed by atoms with E-state index in [9.17, 15) is 4.79 Å². The zero-order valence-corrected chi connectivity index (χ0v) is 18.5. The van der Waals surface area contributed by atoms with E-state index in [4.69, 9.17) is 14.7 Å². The van der Waals surface area contributed by atoms with Gasteiger partial charge in [0.25, 0.3) is 0 Å². The molecule has 0 aliphatic carbocycles. The first kappa shape index (κ1) is 22.1. The van der Waals surface area contributed by atoms with Gasteiger partial charge in [0.05, 0.1) is 31.5 Å². The molecule has 2 amide bonds. The number of carbonyl (C=O) groups excluding carboxylic acids is 1. The second-order valence-electron chi connectivity index (χ2n) is 8.46. The smallest absolute Gasteiger partial charge is 0.361 e. The molecule has 0 atom stereocenters. The minimum absolute atomic E-state index is 0.0227. The van der Waals surface area contributed by atoms with Crippen LogP contribution in [0, 0.1) is 11.3 Å². The highest BCUT2D eigenvalue weighted by atomic mass is 16.5. The summed E-state index contributed by atoms with van der Waals surface area (Å²) in [4.78, 5) is 14.5. The number of hydrogen-bond donors (Lipinski definition) is 1. The summed E-state index contributed by atoms with van der Waals surface area (Å²) in [5, 5.41) is 8.93. The third kappa shape index (κ3) is 5.58. The molecule has 1 N–H and O–H groups in total. The minimum Gasteiger partial charge on any atom is -0.493 e. The summed E-state index contributed by atoms with van der Waals surface area (Å²) in [6, 6.07) is 17.8. The van der Waals surface area contributed by atoms with E-state index in [1.165, 1.54) is 0 Å². The molecule has 2 aliphatic heterocycles. The van der Waals surface area contributed by atoms with Crippen LogP contribution in [0.5, 0.6) is 5.75 Å². The Kier molecular flexibility index (Phi) is 7.25. The molecular formula is C25H31N4O3+. The molecule has 32 heavy (non-hydrogen) atoms. The Morgan fingerprint density at radius 3 is 2.28 bits per heavy atom. The van der Waals surface area contributed by atoms with Gasteiger partial charge in [-0.1, -0.05) is 24.3 Å². The largest absolute Gasteiger partial charge is 0.493 e. The van der Waals surface area contributed by atoms with Crippen LogP contribution >= 0.6 is 0 Å². The number of rotatable bonds is 7. The van der Waals surface area contributed by atoms with Crippen molar-refractivity contribution >= 4 is 6.03 Å². The number of nitriles is 1. The predicted molar refractivity (Wildman–Crippen MR) is 122 cm³/mol. The number of ether oxygens (including phenoxy) is 2. The van der Waals surface area contributed by atoms with E-state index in [2.05, 4.69) is 11.5 Å². The highest BCUT2D eigenvalue weighted by Crippen LogP contribution is 2.23. The van der Waals surface area contributed by atoms with Gasteiger partial charge in [-0.2, -0.15) is 10.7 Å². The van der Waals surface area contributed by atoms with Crippen molar-refractivity contribution < 1.29 is 18.9 Å². The zero-order valence-electron chi connectivity index (χ0n) is 18.5. The summed E-state index contributed by atoms with van der Waals surface area (Å²) in [5.41, 5.74) is 6.12. The van der Waals surface area contributed by atoms with Crippen molar-refractivity contribution in [2.45, 2.75) is 19.3 Å². The van der Waals surface area contributed by atoms with Crippen LogP contribution in [0.15, 0.2) is 48.5 Å². The molecule has 2 saturated heterocycles. The molecule has 0 radical (unpaired) electrons. The van der Waals surface area contributed by atoms with Gasteiger partial charge in [-0.25, -0.2) is 9.39 Å². The van der Waals surface area contributed by atoms with Crippen LogP contribution in [0.1, 0.15) is 24.8 Å². The summed E-state index contributed by atoms with van der Waals surface area (Å²) in [6.07, 6.45) is 3.16. The first-order valence-corrected chi connectivity index (χ1v) is 11.4. The maximum atomic E-state index is 12.7. The molecule has 0 saturated carbocycles. The van der Waals surface area contributed by atoms with Crippen molar-refractivity contribution in [2.75, 3.05) is 52.5 Å². The lowest BCUT2D eigenvalue weighted by molar-refractivity contribution is -0.950. The SMILES string of the molecule is N#Cc1ccc(-c2ccc(OCCC[N+]3(NC(=O)N4CCOCC4)CCCC3)cc2)cc1. The van der Waals surface area contributed by atoms with E-state index in [0.29, 0.717) is 43.1 Å². The van der Waals surface area contributed by atoms with Gasteiger partial charge in [-0.3, -0.25) is 0 Å². The molecule has 0 bridgehead atoms. The number of amides is 2. The monoisotopic (exact) mass is 435 g/mol. The Morgan fingerprint density at radius 1 is 1.03 bits per heavy atom. The molecule has 2 aliphatic rings. The maximum absolute atomic E-state index is 12.7. The fraction of sp³-hybridized carbons (Fsp3) is 0.440. The average Bonchev–Trinajstić information content (AvgIpc) is 3.31. The molecule has 0 unspecified atom stereocenters. The maximum Gasteiger partial charge on any atom is 0.361 e. The Hall–Kier alpha value is -3.08. The lowest BCUT2D eigenvalue weighted by Gasteiger charge is -2.36. The minimum atomic E-state index is 0.0227. The van der Waals surface area contributed by atoms with Crippen LogP contribution in [0.2, 0.25) is 0 Å². The molecule has 0 spiro atoms. The number of carbonyl (C=O) groups is 1. The number of nitrogens with zero attached hydrogens (tertiary/aromatic N) is 3. The van der Waals surface area contributed by atoms with Crippen LogP contribution in [0.4, 0.5) is 4.79 Å². The number of benzene rings is 2. The third-order valence-electron chi connectivity index (χ3n) is 6.25. The van der Waals surface area contributed by atoms with Crippen molar-refractivity contribution in [3.8, 4) is 22.9 Å². The van der Waals surface area contributed by atoms with Crippen molar-refractivity contribution in [1.82, 2.24) is 10.3 Å². The normalized spacial score (nSPS) is 17.5. The Morgan fingerprint density at radius 2 is 1.66 bits per heavy atom. The Bertz CT molecular complexity index is 925. The van der Waals surface area contributed by atoms with Gasteiger partial charge in [0.15, 0.2) is 0 Å². The molecule has 2 aromatic carbocycles. The van der Waals surface area contributed by atoms with E-state index >= 15 is 0 Å². The molecule has 7 nitrogen and oxygen atoms in total. The van der Waals surface area contributed by atoms with Gasteiger partial charge in [-0.05, 0) is 35.4 Å². The lowest BCUT2D eigenvalue weighted by atomic mass is 10.0. The molecule has 2 fully saturated rings. The van der Waals surface area contributed by atoms with Gasteiger partial charge < -0.3 is 14.4 Å². The van der Waals surface area contributed by atoms with E-state index in [-0.39, 0.29) is 6.03 Å². The van der Waals surface area contributed by atoms with Crippen LogP contribution in [-0.2, 0) is 4.74 Å². The van der Waals surface area contributed by atoms with Crippen LogP contribution < -0.4 is 10.2 Å². The molecule has 168 valence electrons. The van der Waals surface area contributed by atoms with Gasteiger partial charge in [0.1, 0.15) is 25.4 Å². The predicted octanol–water partition coefficient (Wildman–Crippen LogP) is 3.56. The number of likely N-dealkylation sites (tertiary alicyclic amines) is 1. The van der Waals surface area contributed by atoms with E-state index < -0.39 is 0 Å². The van der Waals surface area contributed by atoms with Gasteiger partial charge >= 0.3 is 6.03 Å². The molecule has 4 rings (SSSR count). The van der Waals surface area contributed by atoms with Crippen molar-refractivity contribution in [3.63, 3.8) is 0 Å². The molecular weight excluding hydrogens is 404 g/mol. The standard InChI is InChI=1S/C25H30N4O3/c26-20-21-4-6-22(7-5-21)23-8-10-24(11-9-23)32-17-3-16-29(14-1-2-15-29)27-25(30)28-12-18-31-19-13-28/h4-11H,1-3,12-19H2/p+1. The summed E-state index contributed by atoms with van der Waals surface area (Å²) in [6.45, 7) is 6.01. The van der Waals surface area contributed by atoms with Crippen molar-refractivity contribution in [2.24, 2.45) is 0 Å². The van der Waals surface area contributed by atoms with E-state index in [1.807, 2.05) is 53.4 Å². The van der Waals surface area contributed by atoms with Gasteiger partial charge in [-0.15, -0.1) is 0 Å². The lowest BCUT2D eigenvalue weighted by Crippen LogP contribution is -2.62. The summed E-state index contributed by atoms with van der Waals surface area (Å²) in [5.74, 6) is 0.840. The average molecular weight is 436 g/mol. The first-order valence-electron chi connectivity index (χ1n) is 11.4. The van der Waals surface area contributed by atoms with Crippen LogP contribution in [-0.4, -0.2) is 68.1 Å². The zero-order chi connectivity index (χ0) is 22.2. The first-order chi connectivity index (χ1) is 15.7. The summed E-state index contributed by atoms with van der Waals surface area (Å²) < 4.78 is 12.0. The van der Waals surface area contributed by atoms with E-state index in [0.717, 1.165) is 55.8 Å². The number of quaternary nitrogens is 1. The van der Waals surface area contributed by atoms with Crippen LogP contribution in [0.3, 0.4) is 0 Å². The second-order valence-corrected chi connectivity index (χ2v) is 8.46. The topological polar surface area (TPSA) is 74.6 Å². The van der Waals surface area contributed by atoms with Crippen molar-refractivity contribution in [1.29, 1.82) is 5.26 Å².